The van der Waals surface area contributed by atoms with Crippen LogP contribution in [0.15, 0.2) is 18.2 Å². The van der Waals surface area contributed by atoms with Crippen LogP contribution in [0.4, 0.5) is 0 Å². The van der Waals surface area contributed by atoms with E-state index < -0.39 is 5.97 Å². The number of hydrogen-bond acceptors (Lipinski definition) is 2. The summed E-state index contributed by atoms with van der Waals surface area (Å²) in [4.78, 5) is 11.0. The Labute approximate surface area is 123 Å². The van der Waals surface area contributed by atoms with Crippen LogP contribution >= 0.6 is 11.6 Å². The van der Waals surface area contributed by atoms with E-state index in [1.807, 2.05) is 18.7 Å². The van der Waals surface area contributed by atoms with Crippen LogP contribution < -0.4 is 0 Å². The summed E-state index contributed by atoms with van der Waals surface area (Å²) in [5.41, 5.74) is 4.15. The maximum Gasteiger partial charge on any atom is 0.335 e. The number of halogens is 1. The van der Waals surface area contributed by atoms with Gasteiger partial charge in [0.15, 0.2) is 0 Å². The molecule has 106 valence electrons. The van der Waals surface area contributed by atoms with E-state index in [9.17, 15) is 4.79 Å². The molecule has 0 aliphatic carbocycles. The molecule has 1 aromatic carbocycles. The van der Waals surface area contributed by atoms with Gasteiger partial charge in [0, 0.05) is 28.9 Å². The molecule has 2 aromatic rings. The summed E-state index contributed by atoms with van der Waals surface area (Å²) < 4.78 is 1.87. The van der Waals surface area contributed by atoms with Crippen molar-refractivity contribution in [1.29, 1.82) is 0 Å². The Balaban J connectivity index is 2.65. The van der Waals surface area contributed by atoms with Crippen molar-refractivity contribution in [3.8, 4) is 11.1 Å². The summed E-state index contributed by atoms with van der Waals surface area (Å²) in [6.45, 7) is 4.12. The fourth-order valence-corrected chi connectivity index (χ4v) is 2.71. The lowest BCUT2D eigenvalue weighted by atomic mass is 9.99. The number of carboxylic acid groups (broad SMARTS) is 1. The van der Waals surface area contributed by atoms with Gasteiger partial charge in [-0.3, -0.25) is 4.68 Å². The van der Waals surface area contributed by atoms with E-state index in [4.69, 9.17) is 16.7 Å². The highest BCUT2D eigenvalue weighted by Crippen LogP contribution is 2.34. The highest BCUT2D eigenvalue weighted by molar-refractivity contribution is 6.33. The zero-order chi connectivity index (χ0) is 14.9. The molecule has 0 aliphatic heterocycles. The number of carboxylic acids is 1. The van der Waals surface area contributed by atoms with Gasteiger partial charge in [-0.2, -0.15) is 5.10 Å². The molecule has 0 amide bonds. The van der Waals surface area contributed by atoms with Crippen molar-refractivity contribution in [1.82, 2.24) is 9.78 Å². The minimum atomic E-state index is -0.976. The maximum absolute atomic E-state index is 11.0. The van der Waals surface area contributed by atoms with Crippen LogP contribution in [0.2, 0.25) is 5.02 Å². The second-order valence-corrected chi connectivity index (χ2v) is 5.01. The van der Waals surface area contributed by atoms with Crippen LogP contribution in [0, 0.1) is 0 Å². The number of hydrogen-bond donors (Lipinski definition) is 1. The summed E-state index contributed by atoms with van der Waals surface area (Å²) in [6.07, 6.45) is 1.65. The van der Waals surface area contributed by atoms with Crippen LogP contribution in [0.3, 0.4) is 0 Å². The standard InChI is InChI=1S/C15H17ClN2O2/c1-4-12-14(13(5-2)18(3)17-12)10-7-6-9(15(19)20)8-11(10)16/h6-8H,4-5H2,1-3H3,(H,19,20). The number of aryl methyl sites for hydroxylation is 2. The average molecular weight is 293 g/mol. The van der Waals surface area contributed by atoms with Gasteiger partial charge < -0.3 is 5.11 Å². The van der Waals surface area contributed by atoms with Gasteiger partial charge in [0.1, 0.15) is 0 Å². The lowest BCUT2D eigenvalue weighted by Gasteiger charge is -2.08. The van der Waals surface area contributed by atoms with Crippen molar-refractivity contribution >= 4 is 17.6 Å². The van der Waals surface area contributed by atoms with Crippen molar-refractivity contribution < 1.29 is 9.90 Å². The average Bonchev–Trinajstić information content (AvgIpc) is 2.74. The highest BCUT2D eigenvalue weighted by atomic mass is 35.5. The Hall–Kier alpha value is -1.81. The van der Waals surface area contributed by atoms with E-state index >= 15 is 0 Å². The van der Waals surface area contributed by atoms with E-state index in [1.54, 1.807) is 12.1 Å². The summed E-state index contributed by atoms with van der Waals surface area (Å²) in [5, 5.41) is 14.0. The first-order chi connectivity index (χ1) is 9.49. The largest absolute Gasteiger partial charge is 0.478 e. The fraction of sp³-hybridized carbons (Fsp3) is 0.333. The smallest absolute Gasteiger partial charge is 0.335 e. The monoisotopic (exact) mass is 292 g/mol. The molecule has 0 bridgehead atoms. The molecule has 0 aliphatic rings. The van der Waals surface area contributed by atoms with Crippen molar-refractivity contribution in [2.24, 2.45) is 7.05 Å². The molecule has 4 nitrogen and oxygen atoms in total. The van der Waals surface area contributed by atoms with Gasteiger partial charge in [-0.15, -0.1) is 0 Å². The molecule has 0 unspecified atom stereocenters. The van der Waals surface area contributed by atoms with Crippen molar-refractivity contribution in [3.05, 3.63) is 40.2 Å². The maximum atomic E-state index is 11.0. The third-order valence-corrected chi connectivity index (χ3v) is 3.71. The quantitative estimate of drug-likeness (QED) is 0.937. The molecule has 20 heavy (non-hydrogen) atoms. The van der Waals surface area contributed by atoms with E-state index in [2.05, 4.69) is 12.0 Å². The normalized spacial score (nSPS) is 10.8. The highest BCUT2D eigenvalue weighted by Gasteiger charge is 2.18. The lowest BCUT2D eigenvalue weighted by Crippen LogP contribution is -1.98. The molecule has 0 radical (unpaired) electrons. The third kappa shape index (κ3) is 2.43. The molecule has 1 heterocycles. The molecule has 0 fully saturated rings. The molecule has 1 N–H and O–H groups in total. The predicted molar refractivity (Wildman–Crippen MR) is 79.4 cm³/mol. The second-order valence-electron chi connectivity index (χ2n) is 4.60. The lowest BCUT2D eigenvalue weighted by molar-refractivity contribution is 0.0697. The zero-order valence-corrected chi connectivity index (χ0v) is 12.5. The van der Waals surface area contributed by atoms with Crippen LogP contribution in [-0.2, 0) is 19.9 Å². The number of nitrogens with zero attached hydrogens (tertiary/aromatic N) is 2. The molecule has 1 aromatic heterocycles. The van der Waals surface area contributed by atoms with E-state index in [1.165, 1.54) is 6.07 Å². The summed E-state index contributed by atoms with van der Waals surface area (Å²) in [7, 11) is 1.92. The van der Waals surface area contributed by atoms with Gasteiger partial charge in [0.2, 0.25) is 0 Å². The van der Waals surface area contributed by atoms with E-state index in [0.717, 1.165) is 35.4 Å². The first-order valence-corrected chi connectivity index (χ1v) is 6.95. The summed E-state index contributed by atoms with van der Waals surface area (Å²) in [6, 6.07) is 4.83. The Bertz CT molecular complexity index is 662. The SMILES string of the molecule is CCc1nn(C)c(CC)c1-c1ccc(C(=O)O)cc1Cl. The Morgan fingerprint density at radius 2 is 2.05 bits per heavy atom. The van der Waals surface area contributed by atoms with E-state index in [-0.39, 0.29) is 5.56 Å². The van der Waals surface area contributed by atoms with Gasteiger partial charge in [-0.1, -0.05) is 31.5 Å². The molecule has 0 saturated heterocycles. The molecule has 5 heteroatoms. The first-order valence-electron chi connectivity index (χ1n) is 6.57. The Kier molecular flexibility index (Phi) is 4.14. The molecular weight excluding hydrogens is 276 g/mol. The van der Waals surface area contributed by atoms with E-state index in [0.29, 0.717) is 5.02 Å². The Morgan fingerprint density at radius 1 is 1.35 bits per heavy atom. The van der Waals surface area contributed by atoms with Gasteiger partial charge in [-0.25, -0.2) is 4.79 Å². The number of aromatic nitrogens is 2. The molecule has 0 atom stereocenters. The van der Waals surface area contributed by atoms with Crippen LogP contribution in [0.25, 0.3) is 11.1 Å². The minimum absolute atomic E-state index is 0.193. The van der Waals surface area contributed by atoms with Crippen LogP contribution in [0.5, 0.6) is 0 Å². The molecule has 0 spiro atoms. The zero-order valence-electron chi connectivity index (χ0n) is 11.8. The van der Waals surface area contributed by atoms with Gasteiger partial charge >= 0.3 is 5.97 Å². The van der Waals surface area contributed by atoms with Crippen molar-refractivity contribution in [3.63, 3.8) is 0 Å². The first kappa shape index (κ1) is 14.6. The van der Waals surface area contributed by atoms with Crippen molar-refractivity contribution in [2.75, 3.05) is 0 Å². The molecular formula is C15H17ClN2O2. The van der Waals surface area contributed by atoms with Gasteiger partial charge in [0.25, 0.3) is 0 Å². The number of aromatic carboxylic acids is 1. The fourth-order valence-electron chi connectivity index (χ4n) is 2.43. The van der Waals surface area contributed by atoms with Crippen LogP contribution in [0.1, 0.15) is 35.6 Å². The third-order valence-electron chi connectivity index (χ3n) is 3.39. The number of benzene rings is 1. The molecule has 2 rings (SSSR count). The minimum Gasteiger partial charge on any atom is -0.478 e. The predicted octanol–water partition coefficient (Wildman–Crippen LogP) is 3.56. The Morgan fingerprint density at radius 3 is 2.55 bits per heavy atom. The van der Waals surface area contributed by atoms with Crippen molar-refractivity contribution in [2.45, 2.75) is 26.7 Å². The second kappa shape index (κ2) is 5.67. The number of rotatable bonds is 4. The summed E-state index contributed by atoms with van der Waals surface area (Å²) in [5.74, 6) is -0.976. The van der Waals surface area contributed by atoms with Gasteiger partial charge in [0.05, 0.1) is 11.3 Å². The molecule has 0 saturated carbocycles. The topological polar surface area (TPSA) is 55.1 Å². The van der Waals surface area contributed by atoms with Crippen LogP contribution in [-0.4, -0.2) is 20.9 Å². The summed E-state index contributed by atoms with van der Waals surface area (Å²) >= 11 is 6.27. The van der Waals surface area contributed by atoms with Gasteiger partial charge in [-0.05, 0) is 25.0 Å². The number of carbonyl (C=O) groups is 1.